The predicted molar refractivity (Wildman–Crippen MR) is 222 cm³/mol. The molecule has 1 saturated heterocycles. The van der Waals surface area contributed by atoms with Crippen LogP contribution in [0.3, 0.4) is 0 Å². The van der Waals surface area contributed by atoms with Crippen LogP contribution in [-0.4, -0.2) is 83.1 Å². The van der Waals surface area contributed by atoms with Crippen LogP contribution in [0.2, 0.25) is 0 Å². The lowest BCUT2D eigenvalue weighted by Crippen LogP contribution is -2.68. The molecule has 10 heteroatoms. The van der Waals surface area contributed by atoms with Gasteiger partial charge in [-0.1, -0.05) is 65.0 Å². The number of aryl methyl sites for hydroxylation is 1. The number of nitrogens with zero attached hydrogens (tertiary/aromatic N) is 4. The molecule has 0 bridgehead atoms. The predicted octanol–water partition coefficient (Wildman–Crippen LogP) is 8.12. The Morgan fingerprint density at radius 2 is 1.64 bits per heavy atom. The highest BCUT2D eigenvalue weighted by Gasteiger charge is 2.70. The molecule has 1 aromatic carbocycles. The standard InChI is InChI=1S/C46H67N5O4S/c1-31(2)34-15-20-46(48-23-24-50-25-27-51(28-26-50)56(54,55)39-29-49(8)30-47-39)22-21-44(6)36(40(34)46)13-14-38-43(5)18-16-35(32-9-11-33(12-10-32)41(52)53)42(3,4)37(43)17-19-45(38,44)7/h9-12,16,29-30,34,36-38,40,48H,1,13-15,17-28H2,2-8H3,(H,52,53). The van der Waals surface area contributed by atoms with Gasteiger partial charge in [-0.15, -0.1) is 0 Å². The summed E-state index contributed by atoms with van der Waals surface area (Å²) in [6.45, 7) is 24.2. The summed E-state index contributed by atoms with van der Waals surface area (Å²) in [7, 11) is -1.76. The summed E-state index contributed by atoms with van der Waals surface area (Å²) in [4.78, 5) is 18.2. The number of carboxylic acid groups (broad SMARTS) is 1. The van der Waals surface area contributed by atoms with E-state index in [0.29, 0.717) is 48.2 Å². The minimum absolute atomic E-state index is 0.00103. The average molecular weight is 786 g/mol. The van der Waals surface area contributed by atoms with Gasteiger partial charge >= 0.3 is 5.97 Å². The fraction of sp³-hybridized carbons (Fsp3) is 0.696. The molecule has 5 aliphatic carbocycles. The second-order valence-electron chi connectivity index (χ2n) is 20.3. The second kappa shape index (κ2) is 13.9. The lowest BCUT2D eigenvalue weighted by Gasteiger charge is -2.72. The largest absolute Gasteiger partial charge is 0.478 e. The molecule has 1 aliphatic heterocycles. The number of imidazole rings is 1. The summed E-state index contributed by atoms with van der Waals surface area (Å²) >= 11 is 0. The van der Waals surface area contributed by atoms with Gasteiger partial charge in [-0.25, -0.2) is 18.2 Å². The molecule has 6 aliphatic rings. The van der Waals surface area contributed by atoms with Crippen molar-refractivity contribution in [2.24, 2.45) is 58.3 Å². The number of hydrogen-bond acceptors (Lipinski definition) is 6. The van der Waals surface area contributed by atoms with E-state index in [4.69, 9.17) is 0 Å². The number of fused-ring (bicyclic) bond motifs is 7. The average Bonchev–Trinajstić information content (AvgIpc) is 3.77. The van der Waals surface area contributed by atoms with E-state index in [1.807, 2.05) is 12.1 Å². The van der Waals surface area contributed by atoms with Gasteiger partial charge in [-0.3, -0.25) is 4.90 Å². The third-order valence-electron chi connectivity index (χ3n) is 17.6. The summed E-state index contributed by atoms with van der Waals surface area (Å²) in [5.74, 6) is 2.15. The van der Waals surface area contributed by atoms with Crippen LogP contribution in [0.5, 0.6) is 0 Å². The molecule has 8 rings (SSSR count). The van der Waals surface area contributed by atoms with Gasteiger partial charge in [-0.2, -0.15) is 4.31 Å². The molecule has 0 radical (unpaired) electrons. The number of carbonyl (C=O) groups is 1. The van der Waals surface area contributed by atoms with Crippen molar-refractivity contribution < 1.29 is 18.3 Å². The fourth-order valence-electron chi connectivity index (χ4n) is 14.7. The van der Waals surface area contributed by atoms with E-state index in [1.165, 1.54) is 68.1 Å². The summed E-state index contributed by atoms with van der Waals surface area (Å²) in [5, 5.41) is 13.9. The van der Waals surface area contributed by atoms with Crippen LogP contribution in [0, 0.1) is 51.2 Å². The Morgan fingerprint density at radius 3 is 2.29 bits per heavy atom. The van der Waals surface area contributed by atoms with E-state index in [-0.39, 0.29) is 32.2 Å². The molecule has 0 spiro atoms. The maximum atomic E-state index is 13.2. The zero-order valence-corrected chi connectivity index (χ0v) is 35.9. The molecule has 9 atom stereocenters. The highest BCUT2D eigenvalue weighted by atomic mass is 32.2. The monoisotopic (exact) mass is 785 g/mol. The van der Waals surface area contributed by atoms with Crippen molar-refractivity contribution >= 4 is 21.6 Å². The van der Waals surface area contributed by atoms with Crippen molar-refractivity contribution in [3.8, 4) is 0 Å². The molecule has 56 heavy (non-hydrogen) atoms. The first kappa shape index (κ1) is 40.0. The summed E-state index contributed by atoms with van der Waals surface area (Å²) in [6, 6.07) is 7.59. The molecule has 0 amide bonds. The molecule has 1 aromatic heterocycles. The number of rotatable bonds is 9. The number of aromatic nitrogens is 2. The third-order valence-corrected chi connectivity index (χ3v) is 19.4. The highest BCUT2D eigenvalue weighted by molar-refractivity contribution is 7.89. The Bertz CT molecular complexity index is 2000. The number of piperazine rings is 1. The van der Waals surface area contributed by atoms with Crippen molar-refractivity contribution in [2.45, 2.75) is 110 Å². The van der Waals surface area contributed by atoms with Crippen LogP contribution in [0.4, 0.5) is 0 Å². The number of hydrogen-bond donors (Lipinski definition) is 2. The molecular weight excluding hydrogens is 719 g/mol. The molecule has 306 valence electrons. The molecule has 5 fully saturated rings. The van der Waals surface area contributed by atoms with Gasteiger partial charge in [0, 0.05) is 58.1 Å². The zero-order chi connectivity index (χ0) is 40.1. The van der Waals surface area contributed by atoms with Crippen molar-refractivity contribution in [1.29, 1.82) is 0 Å². The summed E-state index contributed by atoms with van der Waals surface area (Å²) in [6.07, 6.45) is 16.8. The SMILES string of the molecule is C=C(C)C1CCC2(NCCN3CCN(S(=O)(=O)c4cn(C)cn4)CC3)CCC3(C)C(CCC4C5(C)CC=C(c6ccc(C(=O)O)cc6)C(C)(C)C5CCC43C)C12. The van der Waals surface area contributed by atoms with E-state index in [9.17, 15) is 18.3 Å². The number of sulfonamides is 1. The Morgan fingerprint density at radius 1 is 0.929 bits per heavy atom. The van der Waals surface area contributed by atoms with E-state index < -0.39 is 16.0 Å². The van der Waals surface area contributed by atoms with Crippen molar-refractivity contribution in [3.05, 3.63) is 66.1 Å². The quantitative estimate of drug-likeness (QED) is 0.248. The maximum Gasteiger partial charge on any atom is 0.335 e. The van der Waals surface area contributed by atoms with E-state index in [2.05, 4.69) is 69.4 Å². The van der Waals surface area contributed by atoms with Crippen LogP contribution in [-0.2, 0) is 17.1 Å². The third kappa shape index (κ3) is 6.04. The van der Waals surface area contributed by atoms with Crippen LogP contribution in [0.1, 0.15) is 115 Å². The first-order valence-corrected chi connectivity index (χ1v) is 23.0. The van der Waals surface area contributed by atoms with Gasteiger partial charge < -0.3 is 15.0 Å². The molecular formula is C46H67N5O4S. The van der Waals surface area contributed by atoms with Gasteiger partial charge in [0.2, 0.25) is 0 Å². The van der Waals surface area contributed by atoms with Crippen molar-refractivity contribution in [3.63, 3.8) is 0 Å². The Balaban J connectivity index is 0.984. The molecule has 4 saturated carbocycles. The van der Waals surface area contributed by atoms with Crippen LogP contribution >= 0.6 is 0 Å². The molecule has 2 N–H and O–H groups in total. The highest BCUT2D eigenvalue weighted by Crippen LogP contribution is 2.76. The number of allylic oxidation sites excluding steroid dienone is 3. The van der Waals surface area contributed by atoms with Crippen LogP contribution in [0.15, 0.2) is 60.0 Å². The lowest BCUT2D eigenvalue weighted by atomic mass is 9.33. The maximum absolute atomic E-state index is 13.2. The normalized spacial score (nSPS) is 38.5. The first-order chi connectivity index (χ1) is 26.4. The number of carboxylic acids is 1. The smallest absolute Gasteiger partial charge is 0.335 e. The van der Waals surface area contributed by atoms with Gasteiger partial charge in [0.15, 0.2) is 5.03 Å². The van der Waals surface area contributed by atoms with Crippen molar-refractivity contribution in [1.82, 2.24) is 24.1 Å². The Hall–Kier alpha value is -2.79. The van der Waals surface area contributed by atoms with Gasteiger partial charge in [0.1, 0.15) is 0 Å². The Labute approximate surface area is 336 Å². The number of nitrogens with one attached hydrogen (secondary N) is 1. The van der Waals surface area contributed by atoms with Crippen molar-refractivity contribution in [2.75, 3.05) is 39.3 Å². The van der Waals surface area contributed by atoms with Crippen LogP contribution in [0.25, 0.3) is 5.57 Å². The number of benzene rings is 1. The fourth-order valence-corrected chi connectivity index (χ4v) is 16.0. The summed E-state index contributed by atoms with van der Waals surface area (Å²) in [5.41, 5.74) is 5.13. The van der Waals surface area contributed by atoms with E-state index in [1.54, 1.807) is 40.6 Å². The molecule has 9 unspecified atom stereocenters. The van der Waals surface area contributed by atoms with Gasteiger partial charge in [0.05, 0.1) is 11.9 Å². The zero-order valence-electron chi connectivity index (χ0n) is 35.1. The van der Waals surface area contributed by atoms with Gasteiger partial charge in [0.25, 0.3) is 10.0 Å². The van der Waals surface area contributed by atoms with Gasteiger partial charge in [-0.05, 0) is 139 Å². The number of aromatic carboxylic acids is 1. The van der Waals surface area contributed by atoms with E-state index in [0.717, 1.165) is 32.6 Å². The second-order valence-corrected chi connectivity index (χ2v) is 22.2. The molecule has 2 heterocycles. The minimum Gasteiger partial charge on any atom is -0.478 e. The molecule has 2 aromatic rings. The lowest BCUT2D eigenvalue weighted by molar-refractivity contribution is -0.219. The Kier molecular flexibility index (Phi) is 9.94. The first-order valence-electron chi connectivity index (χ1n) is 21.5. The van der Waals surface area contributed by atoms with E-state index >= 15 is 0 Å². The minimum atomic E-state index is -3.56. The summed E-state index contributed by atoms with van der Waals surface area (Å²) < 4.78 is 29.7. The topological polar surface area (TPSA) is 108 Å². The molecule has 9 nitrogen and oxygen atoms in total. The van der Waals surface area contributed by atoms with Crippen LogP contribution < -0.4 is 5.32 Å².